The summed E-state index contributed by atoms with van der Waals surface area (Å²) < 4.78 is 0. The molecular formula is C24H28Cl2N2O4. The van der Waals surface area contributed by atoms with Gasteiger partial charge >= 0.3 is 0 Å². The Bertz CT molecular complexity index is 922. The number of carbonyl (C=O) groups is 2. The van der Waals surface area contributed by atoms with E-state index in [9.17, 15) is 19.8 Å². The van der Waals surface area contributed by atoms with Crippen molar-refractivity contribution in [3.63, 3.8) is 0 Å². The van der Waals surface area contributed by atoms with E-state index in [2.05, 4.69) is 0 Å². The average molecular weight is 479 g/mol. The number of hydrogen-bond donors (Lipinski definition) is 4. The number of ketones is 2. The van der Waals surface area contributed by atoms with Gasteiger partial charge < -0.3 is 21.7 Å². The van der Waals surface area contributed by atoms with E-state index in [1.165, 1.54) is 0 Å². The normalized spacial score (nSPS) is 30.4. The standard InChI is InChI=1S/2C12H14ClNO2/c2*13-9-5-2-1-4-8(9)12(14)7-3-6-10(15)11(12)16/h2*1-2,4-5,10,15H,3,6-7,14H2. The minimum atomic E-state index is -1.13. The molecule has 32 heavy (non-hydrogen) atoms. The van der Waals surface area contributed by atoms with Crippen molar-refractivity contribution in [3.8, 4) is 0 Å². The summed E-state index contributed by atoms with van der Waals surface area (Å²) in [6.07, 6.45) is 1.58. The molecule has 2 fully saturated rings. The second-order valence-corrected chi connectivity index (χ2v) is 9.26. The lowest BCUT2D eigenvalue weighted by Gasteiger charge is -2.35. The van der Waals surface area contributed by atoms with Crippen molar-refractivity contribution in [1.82, 2.24) is 0 Å². The van der Waals surface area contributed by atoms with E-state index >= 15 is 0 Å². The molecule has 4 atom stereocenters. The predicted octanol–water partition coefficient (Wildman–Crippen LogP) is 3.22. The fourth-order valence-corrected chi connectivity index (χ4v) is 5.04. The van der Waals surface area contributed by atoms with E-state index in [-0.39, 0.29) is 11.6 Å². The van der Waals surface area contributed by atoms with Crippen LogP contribution in [0.5, 0.6) is 0 Å². The first-order chi connectivity index (χ1) is 15.1. The van der Waals surface area contributed by atoms with E-state index in [1.807, 2.05) is 0 Å². The highest BCUT2D eigenvalue weighted by Crippen LogP contribution is 2.37. The van der Waals surface area contributed by atoms with Crippen LogP contribution in [0.2, 0.25) is 10.0 Å². The minimum Gasteiger partial charge on any atom is -0.385 e. The lowest BCUT2D eigenvalue weighted by atomic mass is 9.75. The Hall–Kier alpha value is -1.80. The molecule has 8 heteroatoms. The number of nitrogens with two attached hydrogens (primary N) is 2. The van der Waals surface area contributed by atoms with E-state index in [0.717, 1.165) is 12.8 Å². The van der Waals surface area contributed by atoms with Crippen LogP contribution in [-0.2, 0) is 20.7 Å². The largest absolute Gasteiger partial charge is 0.385 e. The summed E-state index contributed by atoms with van der Waals surface area (Å²) in [6, 6.07) is 14.1. The summed E-state index contributed by atoms with van der Waals surface area (Å²) in [5.41, 5.74) is 11.2. The van der Waals surface area contributed by atoms with Crippen LogP contribution >= 0.6 is 23.2 Å². The first-order valence-electron chi connectivity index (χ1n) is 10.6. The van der Waals surface area contributed by atoms with Gasteiger partial charge in [-0.1, -0.05) is 59.6 Å². The first-order valence-corrected chi connectivity index (χ1v) is 11.4. The molecule has 0 aromatic heterocycles. The second-order valence-electron chi connectivity index (χ2n) is 8.45. The molecular weight excluding hydrogens is 451 g/mol. The second kappa shape index (κ2) is 10.00. The zero-order valence-electron chi connectivity index (χ0n) is 17.6. The first kappa shape index (κ1) is 24.8. The summed E-state index contributed by atoms with van der Waals surface area (Å²) in [4.78, 5) is 23.9. The molecule has 2 aliphatic carbocycles. The van der Waals surface area contributed by atoms with Crippen molar-refractivity contribution in [3.05, 3.63) is 69.7 Å². The summed E-state index contributed by atoms with van der Waals surface area (Å²) in [5, 5.41) is 20.1. The summed E-state index contributed by atoms with van der Waals surface area (Å²) >= 11 is 12.1. The zero-order valence-corrected chi connectivity index (χ0v) is 19.1. The van der Waals surface area contributed by atoms with Crippen LogP contribution in [0.1, 0.15) is 49.7 Å². The van der Waals surface area contributed by atoms with Crippen molar-refractivity contribution in [2.75, 3.05) is 0 Å². The number of rotatable bonds is 2. The Morgan fingerprint density at radius 2 is 1.06 bits per heavy atom. The molecule has 0 bridgehead atoms. The zero-order chi connectivity index (χ0) is 23.5. The molecule has 2 aromatic carbocycles. The molecule has 0 amide bonds. The van der Waals surface area contributed by atoms with Crippen molar-refractivity contribution in [2.45, 2.75) is 61.8 Å². The fourth-order valence-electron chi connectivity index (χ4n) is 4.43. The van der Waals surface area contributed by atoms with Crippen LogP contribution in [0.3, 0.4) is 0 Å². The molecule has 0 aliphatic heterocycles. The third-order valence-corrected chi connectivity index (χ3v) is 6.95. The molecule has 4 rings (SSSR count). The van der Waals surface area contributed by atoms with Crippen LogP contribution in [0.15, 0.2) is 48.5 Å². The van der Waals surface area contributed by atoms with Gasteiger partial charge in [-0.3, -0.25) is 9.59 Å². The molecule has 6 N–H and O–H groups in total. The molecule has 0 spiro atoms. The Morgan fingerprint density at radius 3 is 1.41 bits per heavy atom. The number of carbonyl (C=O) groups excluding carboxylic acids is 2. The van der Waals surface area contributed by atoms with Crippen molar-refractivity contribution in [2.24, 2.45) is 11.5 Å². The van der Waals surface area contributed by atoms with Crippen LogP contribution in [0.25, 0.3) is 0 Å². The van der Waals surface area contributed by atoms with Gasteiger partial charge in [0.15, 0.2) is 11.6 Å². The van der Waals surface area contributed by atoms with Gasteiger partial charge in [0.25, 0.3) is 0 Å². The molecule has 2 aliphatic rings. The summed E-state index contributed by atoms with van der Waals surface area (Å²) in [6.45, 7) is 0. The third kappa shape index (κ3) is 4.76. The minimum absolute atomic E-state index is 0.327. The average Bonchev–Trinajstić information content (AvgIpc) is 2.77. The summed E-state index contributed by atoms with van der Waals surface area (Å²) in [5.74, 6) is -0.654. The molecule has 2 saturated carbocycles. The highest BCUT2D eigenvalue weighted by molar-refractivity contribution is 6.32. The monoisotopic (exact) mass is 478 g/mol. The summed E-state index contributed by atoms with van der Waals surface area (Å²) in [7, 11) is 0. The Kier molecular flexibility index (Phi) is 7.76. The fraction of sp³-hybridized carbons (Fsp3) is 0.417. The van der Waals surface area contributed by atoms with Gasteiger partial charge in [0.2, 0.25) is 0 Å². The number of hydrogen-bond acceptors (Lipinski definition) is 6. The lowest BCUT2D eigenvalue weighted by molar-refractivity contribution is -0.136. The Morgan fingerprint density at radius 1 is 0.719 bits per heavy atom. The number of aliphatic hydroxyl groups is 2. The molecule has 2 aromatic rings. The maximum atomic E-state index is 12.0. The number of aliphatic hydroxyl groups excluding tert-OH is 2. The van der Waals surface area contributed by atoms with Crippen molar-refractivity contribution in [1.29, 1.82) is 0 Å². The smallest absolute Gasteiger partial charge is 0.185 e. The van der Waals surface area contributed by atoms with Gasteiger partial charge in [-0.05, 0) is 61.8 Å². The highest BCUT2D eigenvalue weighted by atomic mass is 35.5. The van der Waals surface area contributed by atoms with Gasteiger partial charge in [-0.25, -0.2) is 0 Å². The molecule has 0 heterocycles. The lowest BCUT2D eigenvalue weighted by Crippen LogP contribution is -2.52. The van der Waals surface area contributed by atoms with Crippen LogP contribution in [-0.4, -0.2) is 34.0 Å². The van der Waals surface area contributed by atoms with E-state index in [4.69, 9.17) is 34.7 Å². The molecule has 0 saturated heterocycles. The third-order valence-electron chi connectivity index (χ3n) is 6.29. The predicted molar refractivity (Wildman–Crippen MR) is 124 cm³/mol. The Labute approximate surface area is 197 Å². The molecule has 6 nitrogen and oxygen atoms in total. The Balaban J connectivity index is 0.000000181. The van der Waals surface area contributed by atoms with Gasteiger partial charge in [-0.15, -0.1) is 0 Å². The van der Waals surface area contributed by atoms with Crippen molar-refractivity contribution >= 4 is 34.8 Å². The van der Waals surface area contributed by atoms with Gasteiger partial charge in [0.1, 0.15) is 23.3 Å². The number of Topliss-reactive ketones (excluding diaryl/α,β-unsaturated/α-hetero) is 2. The quantitative estimate of drug-likeness (QED) is 0.524. The van der Waals surface area contributed by atoms with E-state index in [1.54, 1.807) is 48.5 Å². The maximum Gasteiger partial charge on any atom is 0.185 e. The van der Waals surface area contributed by atoms with Gasteiger partial charge in [0, 0.05) is 10.0 Å². The van der Waals surface area contributed by atoms with Crippen molar-refractivity contribution < 1.29 is 19.8 Å². The SMILES string of the molecule is NC1(c2ccccc2Cl)CCCC(O)C1=O.NC1(c2ccccc2Cl)CCCC(O)C1=O. The van der Waals surface area contributed by atoms with Crippen LogP contribution in [0.4, 0.5) is 0 Å². The molecule has 0 radical (unpaired) electrons. The molecule has 4 unspecified atom stereocenters. The van der Waals surface area contributed by atoms with Crippen LogP contribution in [0, 0.1) is 0 Å². The van der Waals surface area contributed by atoms with E-state index in [0.29, 0.717) is 46.9 Å². The maximum absolute atomic E-state index is 12.0. The highest BCUT2D eigenvalue weighted by Gasteiger charge is 2.44. The number of benzene rings is 2. The number of halogens is 2. The van der Waals surface area contributed by atoms with Gasteiger partial charge in [-0.2, -0.15) is 0 Å². The van der Waals surface area contributed by atoms with E-state index < -0.39 is 23.3 Å². The molecule has 172 valence electrons. The topological polar surface area (TPSA) is 127 Å². The van der Waals surface area contributed by atoms with Gasteiger partial charge in [0.05, 0.1) is 0 Å². The van der Waals surface area contributed by atoms with Crippen LogP contribution < -0.4 is 11.5 Å².